The third kappa shape index (κ3) is 9.32. The lowest BCUT2D eigenvalue weighted by atomic mass is 9.93. The predicted octanol–water partition coefficient (Wildman–Crippen LogP) is 3.02. The number of ether oxygens (including phenoxy) is 1. The zero-order chi connectivity index (χ0) is 19.8. The molecule has 160 valence electrons. The largest absolute Gasteiger partial charge is 0.444 e. The number of aliphatic hydroxyl groups is 1. The van der Waals surface area contributed by atoms with Crippen molar-refractivity contribution in [1.29, 1.82) is 0 Å². The Hall–Kier alpha value is -0.770. The Morgan fingerprint density at radius 2 is 1.74 bits per heavy atom. The first-order valence-electron chi connectivity index (χ1n) is 9.77. The average molecular weight is 498 g/mol. The maximum Gasteiger partial charge on any atom is 0.408 e. The minimum atomic E-state index is -0.528. The van der Waals surface area contributed by atoms with Crippen LogP contribution in [0.15, 0.2) is 4.99 Å². The highest BCUT2D eigenvalue weighted by Crippen LogP contribution is 2.44. The standard InChI is InChI=1S/C19H38N4O3.HI/c1-7-19(8-2,23-16(25)26-17(4,5)6)13-22-15(20-9-3)21-12-18(14-24)10-11-18;/h24H,7-14H2,1-6H3,(H,23,25)(H2,20,21,22);1H. The van der Waals surface area contributed by atoms with Crippen LogP contribution in [0.1, 0.15) is 67.2 Å². The van der Waals surface area contributed by atoms with Crippen molar-refractivity contribution in [2.75, 3.05) is 26.2 Å². The van der Waals surface area contributed by atoms with Gasteiger partial charge in [0.25, 0.3) is 0 Å². The van der Waals surface area contributed by atoms with Gasteiger partial charge >= 0.3 is 6.09 Å². The number of amides is 1. The van der Waals surface area contributed by atoms with Crippen LogP contribution in [0.3, 0.4) is 0 Å². The van der Waals surface area contributed by atoms with E-state index in [2.05, 4.69) is 20.9 Å². The van der Waals surface area contributed by atoms with Crippen LogP contribution >= 0.6 is 24.0 Å². The lowest BCUT2D eigenvalue weighted by Gasteiger charge is -2.32. The second-order valence-electron chi connectivity index (χ2n) is 8.32. The van der Waals surface area contributed by atoms with Crippen LogP contribution in [-0.4, -0.2) is 54.5 Å². The number of aliphatic imine (C=N–C) groups is 1. The van der Waals surface area contributed by atoms with Crippen molar-refractivity contribution in [3.05, 3.63) is 0 Å². The van der Waals surface area contributed by atoms with E-state index in [9.17, 15) is 9.90 Å². The summed E-state index contributed by atoms with van der Waals surface area (Å²) in [4.78, 5) is 16.9. The van der Waals surface area contributed by atoms with Gasteiger partial charge in [-0.2, -0.15) is 0 Å². The van der Waals surface area contributed by atoms with E-state index in [4.69, 9.17) is 4.74 Å². The molecule has 1 rings (SSSR count). The van der Waals surface area contributed by atoms with Gasteiger partial charge in [0.2, 0.25) is 0 Å². The number of nitrogens with zero attached hydrogens (tertiary/aromatic N) is 1. The van der Waals surface area contributed by atoms with Crippen molar-refractivity contribution in [1.82, 2.24) is 16.0 Å². The molecule has 0 heterocycles. The zero-order valence-corrected chi connectivity index (χ0v) is 20.1. The zero-order valence-electron chi connectivity index (χ0n) is 17.8. The molecule has 1 saturated carbocycles. The van der Waals surface area contributed by atoms with E-state index >= 15 is 0 Å². The van der Waals surface area contributed by atoms with Crippen molar-refractivity contribution in [3.63, 3.8) is 0 Å². The molecule has 0 spiro atoms. The summed E-state index contributed by atoms with van der Waals surface area (Å²) in [5, 5.41) is 19.0. The van der Waals surface area contributed by atoms with Gasteiger partial charge in [-0.15, -0.1) is 24.0 Å². The van der Waals surface area contributed by atoms with E-state index < -0.39 is 17.2 Å². The third-order valence-corrected chi connectivity index (χ3v) is 4.93. The summed E-state index contributed by atoms with van der Waals surface area (Å²) in [5.41, 5.74) is -0.962. The van der Waals surface area contributed by atoms with Crippen LogP contribution in [0.4, 0.5) is 4.79 Å². The molecule has 1 fully saturated rings. The molecule has 0 aliphatic heterocycles. The molecule has 0 radical (unpaired) electrons. The first-order chi connectivity index (χ1) is 12.1. The van der Waals surface area contributed by atoms with E-state index in [0.717, 1.165) is 32.2 Å². The average Bonchev–Trinajstić information content (AvgIpc) is 3.35. The summed E-state index contributed by atoms with van der Waals surface area (Å²) in [6.07, 6.45) is 3.19. The van der Waals surface area contributed by atoms with Crippen LogP contribution in [0.5, 0.6) is 0 Å². The fourth-order valence-corrected chi connectivity index (χ4v) is 2.62. The minimum absolute atomic E-state index is 0. The molecule has 1 amide bonds. The van der Waals surface area contributed by atoms with Gasteiger partial charge in [-0.3, -0.25) is 4.99 Å². The first-order valence-corrected chi connectivity index (χ1v) is 9.77. The molecule has 4 N–H and O–H groups in total. The summed E-state index contributed by atoms with van der Waals surface area (Å²) < 4.78 is 5.41. The van der Waals surface area contributed by atoms with E-state index in [1.807, 2.05) is 41.5 Å². The van der Waals surface area contributed by atoms with E-state index in [1.54, 1.807) is 0 Å². The Morgan fingerprint density at radius 3 is 2.15 bits per heavy atom. The number of halogens is 1. The van der Waals surface area contributed by atoms with Gasteiger partial charge < -0.3 is 25.8 Å². The summed E-state index contributed by atoms with van der Waals surface area (Å²) in [5.74, 6) is 0.712. The van der Waals surface area contributed by atoms with Gasteiger partial charge in [0.05, 0.1) is 18.7 Å². The highest BCUT2D eigenvalue weighted by Gasteiger charge is 2.42. The van der Waals surface area contributed by atoms with Gasteiger partial charge in [0.1, 0.15) is 5.60 Å². The molecule has 1 aliphatic carbocycles. The summed E-state index contributed by atoms with van der Waals surface area (Å²) in [6.45, 7) is 13.8. The second kappa shape index (κ2) is 11.3. The van der Waals surface area contributed by atoms with Crippen molar-refractivity contribution in [3.8, 4) is 0 Å². The number of carbonyl (C=O) groups excluding carboxylic acids is 1. The van der Waals surface area contributed by atoms with Crippen LogP contribution in [-0.2, 0) is 4.74 Å². The Labute approximate surface area is 181 Å². The lowest BCUT2D eigenvalue weighted by Crippen LogP contribution is -2.52. The molecule has 0 unspecified atom stereocenters. The molecule has 0 aromatic carbocycles. The van der Waals surface area contributed by atoms with Crippen LogP contribution in [0.2, 0.25) is 0 Å². The van der Waals surface area contributed by atoms with Gasteiger partial charge in [-0.25, -0.2) is 4.79 Å². The first kappa shape index (κ1) is 26.2. The Balaban J connectivity index is 0.00000676. The van der Waals surface area contributed by atoms with Crippen LogP contribution in [0.25, 0.3) is 0 Å². The Morgan fingerprint density at radius 1 is 1.15 bits per heavy atom. The molecular formula is C19H39IN4O3. The summed E-state index contributed by atoms with van der Waals surface area (Å²) >= 11 is 0. The number of alkyl carbamates (subject to hydrolysis) is 1. The number of nitrogens with one attached hydrogen (secondary N) is 3. The number of rotatable bonds is 9. The molecule has 0 bridgehead atoms. The fourth-order valence-electron chi connectivity index (χ4n) is 2.62. The smallest absolute Gasteiger partial charge is 0.408 e. The molecule has 0 saturated heterocycles. The van der Waals surface area contributed by atoms with Crippen molar-refractivity contribution in [2.24, 2.45) is 10.4 Å². The molecular weight excluding hydrogens is 459 g/mol. The third-order valence-electron chi connectivity index (χ3n) is 4.93. The molecule has 0 aromatic rings. The van der Waals surface area contributed by atoms with Gasteiger partial charge in [-0.05, 0) is 53.4 Å². The maximum absolute atomic E-state index is 12.2. The quantitative estimate of drug-likeness (QED) is 0.223. The molecule has 7 nitrogen and oxygen atoms in total. The van der Waals surface area contributed by atoms with Gasteiger partial charge in [-0.1, -0.05) is 13.8 Å². The van der Waals surface area contributed by atoms with E-state index in [-0.39, 0.29) is 36.0 Å². The van der Waals surface area contributed by atoms with Crippen molar-refractivity contribution < 1.29 is 14.6 Å². The highest BCUT2D eigenvalue weighted by atomic mass is 127. The van der Waals surface area contributed by atoms with Gasteiger partial charge in [0, 0.05) is 18.5 Å². The number of aliphatic hydroxyl groups excluding tert-OH is 1. The fraction of sp³-hybridized carbons (Fsp3) is 0.895. The number of carbonyl (C=O) groups is 1. The number of hydrogen-bond acceptors (Lipinski definition) is 4. The normalized spacial score (nSPS) is 16.2. The van der Waals surface area contributed by atoms with E-state index in [0.29, 0.717) is 19.0 Å². The Kier molecular flexibility index (Phi) is 11.0. The molecule has 1 aliphatic rings. The van der Waals surface area contributed by atoms with Crippen LogP contribution in [0, 0.1) is 5.41 Å². The monoisotopic (exact) mass is 498 g/mol. The summed E-state index contributed by atoms with van der Waals surface area (Å²) in [6, 6.07) is 0. The predicted molar refractivity (Wildman–Crippen MR) is 121 cm³/mol. The molecule has 27 heavy (non-hydrogen) atoms. The lowest BCUT2D eigenvalue weighted by molar-refractivity contribution is 0.0452. The van der Waals surface area contributed by atoms with Crippen LogP contribution < -0.4 is 16.0 Å². The topological polar surface area (TPSA) is 95.0 Å². The molecule has 0 atom stereocenters. The van der Waals surface area contributed by atoms with Crippen molar-refractivity contribution in [2.45, 2.75) is 78.4 Å². The Bertz CT molecular complexity index is 484. The highest BCUT2D eigenvalue weighted by molar-refractivity contribution is 14.0. The number of hydrogen-bond donors (Lipinski definition) is 4. The maximum atomic E-state index is 12.2. The van der Waals surface area contributed by atoms with E-state index in [1.165, 1.54) is 0 Å². The van der Waals surface area contributed by atoms with Gasteiger partial charge in [0.15, 0.2) is 5.96 Å². The SMILES string of the molecule is CCNC(=NCC(CC)(CC)NC(=O)OC(C)(C)C)NCC1(CO)CC1.I. The minimum Gasteiger partial charge on any atom is -0.444 e. The number of guanidine groups is 1. The van der Waals surface area contributed by atoms with Crippen molar-refractivity contribution >= 4 is 36.0 Å². The molecule has 8 heteroatoms. The molecule has 0 aromatic heterocycles. The second-order valence-corrected chi connectivity index (χ2v) is 8.32. The summed E-state index contributed by atoms with van der Waals surface area (Å²) in [7, 11) is 0.